The number of halogens is 2. The molecular weight excluding hydrogens is 483 g/mol. The molecule has 1 fully saturated rings. The van der Waals surface area contributed by atoms with Crippen LogP contribution in [0.4, 0.5) is 11.4 Å². The highest BCUT2D eigenvalue weighted by molar-refractivity contribution is 6.34. The Labute approximate surface area is 212 Å². The van der Waals surface area contributed by atoms with Gasteiger partial charge < -0.3 is 10.2 Å². The first-order valence-electron chi connectivity index (χ1n) is 11.3. The molecule has 3 heterocycles. The highest BCUT2D eigenvalue weighted by Gasteiger charge is 2.69. The first-order chi connectivity index (χ1) is 16.9. The number of ketones is 2. The van der Waals surface area contributed by atoms with Crippen molar-refractivity contribution in [3.8, 4) is 0 Å². The molecule has 0 aliphatic carbocycles. The topological polar surface area (TPSA) is 66.5 Å². The summed E-state index contributed by atoms with van der Waals surface area (Å²) in [5, 5.41) is 3.84. The summed E-state index contributed by atoms with van der Waals surface area (Å²) in [5.74, 6) is -1.84. The fraction of sp³-hybridized carbons (Fsp3) is 0.179. The zero-order valence-electron chi connectivity index (χ0n) is 18.7. The van der Waals surface area contributed by atoms with Crippen LogP contribution in [0, 0.1) is 5.92 Å². The van der Waals surface area contributed by atoms with Crippen molar-refractivity contribution in [3.63, 3.8) is 0 Å². The van der Waals surface area contributed by atoms with E-state index in [4.69, 9.17) is 23.2 Å². The van der Waals surface area contributed by atoms with Gasteiger partial charge in [0.25, 0.3) is 0 Å². The summed E-state index contributed by atoms with van der Waals surface area (Å²) in [6.45, 7) is 1.47. The molecule has 174 valence electrons. The zero-order valence-corrected chi connectivity index (χ0v) is 20.2. The number of carbonyl (C=O) groups is 3. The van der Waals surface area contributed by atoms with Crippen molar-refractivity contribution in [2.24, 2.45) is 5.92 Å². The number of hydrogen-bond donors (Lipinski definition) is 1. The average molecular weight is 503 g/mol. The van der Waals surface area contributed by atoms with E-state index < -0.39 is 23.4 Å². The molecule has 0 saturated carbocycles. The van der Waals surface area contributed by atoms with Gasteiger partial charge in [0.15, 0.2) is 11.6 Å². The van der Waals surface area contributed by atoms with E-state index in [0.717, 1.165) is 11.3 Å². The molecule has 3 aliphatic rings. The van der Waals surface area contributed by atoms with Crippen LogP contribution in [0.2, 0.25) is 10.0 Å². The number of benzene rings is 3. The van der Waals surface area contributed by atoms with Crippen molar-refractivity contribution in [2.75, 3.05) is 10.2 Å². The normalized spacial score (nSPS) is 25.7. The summed E-state index contributed by atoms with van der Waals surface area (Å²) in [6.07, 6.45) is 3.83. The van der Waals surface area contributed by atoms with Gasteiger partial charge in [0, 0.05) is 22.0 Å². The van der Waals surface area contributed by atoms with E-state index >= 15 is 0 Å². The largest absolute Gasteiger partial charge is 0.352 e. The van der Waals surface area contributed by atoms with Gasteiger partial charge in [-0.25, -0.2) is 0 Å². The molecule has 6 rings (SSSR count). The number of carbonyl (C=O) groups excluding carboxylic acids is 3. The third-order valence-electron chi connectivity index (χ3n) is 7.43. The monoisotopic (exact) mass is 502 g/mol. The van der Waals surface area contributed by atoms with Crippen LogP contribution in [0.25, 0.3) is 6.08 Å². The summed E-state index contributed by atoms with van der Waals surface area (Å²) in [6, 6.07) is 18.1. The van der Waals surface area contributed by atoms with Gasteiger partial charge in [-0.3, -0.25) is 14.4 Å². The highest BCUT2D eigenvalue weighted by Crippen LogP contribution is 2.58. The Kier molecular flexibility index (Phi) is 4.92. The van der Waals surface area contributed by atoms with Gasteiger partial charge in [-0.1, -0.05) is 65.7 Å². The first-order valence-corrected chi connectivity index (χ1v) is 12.1. The van der Waals surface area contributed by atoms with E-state index in [1.807, 2.05) is 53.5 Å². The minimum atomic E-state index is -1.32. The van der Waals surface area contributed by atoms with Crippen LogP contribution in [0.1, 0.15) is 28.4 Å². The van der Waals surface area contributed by atoms with Crippen LogP contribution in [0.5, 0.6) is 0 Å². The minimum Gasteiger partial charge on any atom is -0.352 e. The molecule has 3 aromatic carbocycles. The molecule has 4 atom stereocenters. The van der Waals surface area contributed by atoms with Crippen molar-refractivity contribution in [1.29, 1.82) is 0 Å². The molecule has 3 aliphatic heterocycles. The Hall–Kier alpha value is -3.41. The summed E-state index contributed by atoms with van der Waals surface area (Å²) >= 11 is 12.7. The predicted molar refractivity (Wildman–Crippen MR) is 137 cm³/mol. The average Bonchev–Trinajstić information content (AvgIpc) is 3.32. The van der Waals surface area contributed by atoms with E-state index in [9.17, 15) is 14.4 Å². The Morgan fingerprint density at radius 2 is 1.74 bits per heavy atom. The number of para-hydroxylation sites is 1. The lowest BCUT2D eigenvalue weighted by Gasteiger charge is -2.37. The molecular formula is C28H20Cl2N2O3. The standard InChI is InChI=1S/C28H20Cl2N2O3/c1-15(33)25-24(26(34)18-6-2-4-8-20(18)30)28(19-7-3-5-9-21(19)31-27(28)35)23-13-10-16-14-17(29)11-12-22(16)32(23)25/h2-14,23-25H,1H3,(H,31,35)/t23-,24-,25-,28-/m1/s1. The number of hydrogen-bond acceptors (Lipinski definition) is 4. The minimum absolute atomic E-state index is 0.203. The molecule has 5 nitrogen and oxygen atoms in total. The Morgan fingerprint density at radius 1 is 1.00 bits per heavy atom. The molecule has 0 radical (unpaired) electrons. The third kappa shape index (κ3) is 2.92. The molecule has 7 heteroatoms. The Morgan fingerprint density at radius 3 is 2.51 bits per heavy atom. The van der Waals surface area contributed by atoms with Crippen LogP contribution in [-0.2, 0) is 15.0 Å². The van der Waals surface area contributed by atoms with Gasteiger partial charge in [-0.2, -0.15) is 0 Å². The third-order valence-corrected chi connectivity index (χ3v) is 8.00. The lowest BCUT2D eigenvalue weighted by Crippen LogP contribution is -2.51. The molecule has 35 heavy (non-hydrogen) atoms. The van der Waals surface area contributed by atoms with Gasteiger partial charge in [-0.15, -0.1) is 0 Å². The van der Waals surface area contributed by atoms with Crippen LogP contribution >= 0.6 is 23.2 Å². The highest BCUT2D eigenvalue weighted by atomic mass is 35.5. The maximum absolute atomic E-state index is 14.3. The second-order valence-electron chi connectivity index (χ2n) is 9.16. The summed E-state index contributed by atoms with van der Waals surface area (Å²) < 4.78 is 0. The number of nitrogens with zero attached hydrogens (tertiary/aromatic N) is 1. The SMILES string of the molecule is CC(=O)[C@@H]1[C@H](C(=O)c2ccccc2Cl)[C@]2(C(=O)Nc3ccccc32)[C@H]2C=Cc3cc(Cl)ccc3N12. The maximum Gasteiger partial charge on any atom is 0.238 e. The maximum atomic E-state index is 14.3. The van der Waals surface area contributed by atoms with Crippen LogP contribution in [0.3, 0.4) is 0 Å². The van der Waals surface area contributed by atoms with E-state index in [-0.39, 0.29) is 22.5 Å². The smallest absolute Gasteiger partial charge is 0.238 e. The van der Waals surface area contributed by atoms with Crippen LogP contribution < -0.4 is 10.2 Å². The number of fused-ring (bicyclic) bond motifs is 6. The van der Waals surface area contributed by atoms with Crippen molar-refractivity contribution < 1.29 is 14.4 Å². The van der Waals surface area contributed by atoms with E-state index in [0.29, 0.717) is 21.8 Å². The quantitative estimate of drug-likeness (QED) is 0.476. The molecule has 1 saturated heterocycles. The summed E-state index contributed by atoms with van der Waals surface area (Å²) in [5.41, 5.74) is 1.91. The molecule has 0 aromatic heterocycles. The number of amides is 1. The Balaban J connectivity index is 1.67. The van der Waals surface area contributed by atoms with Gasteiger partial charge in [0.1, 0.15) is 5.41 Å². The van der Waals surface area contributed by atoms with Crippen LogP contribution in [-0.4, -0.2) is 29.6 Å². The van der Waals surface area contributed by atoms with Crippen molar-refractivity contribution in [3.05, 3.63) is 99.5 Å². The summed E-state index contributed by atoms with van der Waals surface area (Å²) in [4.78, 5) is 43.6. The van der Waals surface area contributed by atoms with Crippen molar-refractivity contribution in [2.45, 2.75) is 24.4 Å². The number of rotatable bonds is 3. The van der Waals surface area contributed by atoms with Crippen molar-refractivity contribution >= 4 is 58.1 Å². The van der Waals surface area contributed by atoms with Gasteiger partial charge in [-0.05, 0) is 54.4 Å². The molecule has 1 amide bonds. The zero-order chi connectivity index (χ0) is 24.5. The second-order valence-corrected chi connectivity index (χ2v) is 10.0. The fourth-order valence-corrected chi connectivity index (χ4v) is 6.54. The van der Waals surface area contributed by atoms with Gasteiger partial charge >= 0.3 is 0 Å². The molecule has 1 N–H and O–H groups in total. The fourth-order valence-electron chi connectivity index (χ4n) is 6.13. The molecule has 1 spiro atoms. The van der Waals surface area contributed by atoms with E-state index in [1.165, 1.54) is 6.92 Å². The van der Waals surface area contributed by atoms with Gasteiger partial charge in [0.05, 0.1) is 23.0 Å². The second kappa shape index (κ2) is 7.80. The predicted octanol–water partition coefficient (Wildman–Crippen LogP) is 5.56. The molecule has 3 aromatic rings. The Bertz CT molecular complexity index is 1470. The van der Waals surface area contributed by atoms with Gasteiger partial charge in [0.2, 0.25) is 5.91 Å². The van der Waals surface area contributed by atoms with E-state index in [2.05, 4.69) is 5.32 Å². The van der Waals surface area contributed by atoms with Crippen LogP contribution in [0.15, 0.2) is 72.8 Å². The lowest BCUT2D eigenvalue weighted by atomic mass is 9.64. The number of anilines is 2. The molecule has 0 bridgehead atoms. The number of Topliss-reactive ketones (excluding diaryl/α,β-unsaturated/α-hetero) is 2. The lowest BCUT2D eigenvalue weighted by molar-refractivity contribution is -0.122. The van der Waals surface area contributed by atoms with Crippen molar-refractivity contribution in [1.82, 2.24) is 0 Å². The summed E-state index contributed by atoms with van der Waals surface area (Å²) in [7, 11) is 0. The van der Waals surface area contributed by atoms with E-state index in [1.54, 1.807) is 30.3 Å². The number of nitrogens with one attached hydrogen (secondary N) is 1. The molecule has 0 unspecified atom stereocenters. The first kappa shape index (κ1) is 22.1.